The Kier molecular flexibility index (Phi) is 8.29. The number of hydrogen-bond donors (Lipinski definition) is 1. The van der Waals surface area contributed by atoms with Gasteiger partial charge in [-0.25, -0.2) is 0 Å². The zero-order chi connectivity index (χ0) is 25.4. The van der Waals surface area contributed by atoms with Gasteiger partial charge in [-0.05, 0) is 57.8 Å². The van der Waals surface area contributed by atoms with Crippen molar-refractivity contribution in [1.29, 1.82) is 0 Å². The van der Waals surface area contributed by atoms with Crippen molar-refractivity contribution in [2.45, 2.75) is 25.5 Å². The van der Waals surface area contributed by atoms with Crippen molar-refractivity contribution in [3.8, 4) is 17.0 Å². The molecule has 0 bridgehead atoms. The maximum atomic E-state index is 13.0. The van der Waals surface area contributed by atoms with Gasteiger partial charge < -0.3 is 14.5 Å². The van der Waals surface area contributed by atoms with Crippen LogP contribution in [0.5, 0.6) is 5.75 Å². The lowest BCUT2D eigenvalue weighted by Crippen LogP contribution is -2.34. The SMILES string of the molecule is CC(Oc1ccc2[nH]nc(-c3ccc(C(=O)N4CC[C@@H](N(C)C)C4)cc3)c2c1)c1c(Cl)cncc1Cl.Cl. The van der Waals surface area contributed by atoms with Crippen molar-refractivity contribution in [3.05, 3.63) is 76.0 Å². The van der Waals surface area contributed by atoms with E-state index in [1.807, 2.05) is 54.3 Å². The number of halogens is 3. The fraction of sp³-hybridized carbons (Fsp3) is 0.296. The summed E-state index contributed by atoms with van der Waals surface area (Å²) in [4.78, 5) is 21.1. The van der Waals surface area contributed by atoms with E-state index in [2.05, 4.69) is 34.2 Å². The molecule has 1 aliphatic heterocycles. The van der Waals surface area contributed by atoms with E-state index in [0.717, 1.165) is 41.7 Å². The second-order valence-electron chi connectivity index (χ2n) is 9.29. The molecule has 1 fully saturated rings. The number of fused-ring (bicyclic) bond motifs is 1. The lowest BCUT2D eigenvalue weighted by Gasteiger charge is -2.20. The zero-order valence-electron chi connectivity index (χ0n) is 20.7. The van der Waals surface area contributed by atoms with Gasteiger partial charge in [-0.2, -0.15) is 5.10 Å². The van der Waals surface area contributed by atoms with E-state index in [1.54, 1.807) is 12.4 Å². The molecule has 0 spiro atoms. The molecule has 0 radical (unpaired) electrons. The van der Waals surface area contributed by atoms with E-state index in [-0.39, 0.29) is 24.4 Å². The van der Waals surface area contributed by atoms with E-state index in [9.17, 15) is 4.79 Å². The second kappa shape index (κ2) is 11.3. The molecule has 1 N–H and O–H groups in total. The number of H-pyrrole nitrogens is 1. The fourth-order valence-electron chi connectivity index (χ4n) is 4.66. The van der Waals surface area contributed by atoms with Crippen molar-refractivity contribution in [2.75, 3.05) is 27.2 Å². The first-order chi connectivity index (χ1) is 17.3. The number of rotatable bonds is 6. The summed E-state index contributed by atoms with van der Waals surface area (Å²) in [7, 11) is 4.12. The summed E-state index contributed by atoms with van der Waals surface area (Å²) in [5.74, 6) is 0.730. The van der Waals surface area contributed by atoms with E-state index in [4.69, 9.17) is 27.9 Å². The Morgan fingerprint density at radius 3 is 2.49 bits per heavy atom. The summed E-state index contributed by atoms with van der Waals surface area (Å²) < 4.78 is 6.17. The smallest absolute Gasteiger partial charge is 0.253 e. The largest absolute Gasteiger partial charge is 0.486 e. The molecule has 1 amide bonds. The van der Waals surface area contributed by atoms with Gasteiger partial charge >= 0.3 is 0 Å². The predicted molar refractivity (Wildman–Crippen MR) is 150 cm³/mol. The van der Waals surface area contributed by atoms with Crippen LogP contribution in [-0.4, -0.2) is 64.1 Å². The molecule has 5 rings (SSSR count). The molecule has 2 aromatic carbocycles. The van der Waals surface area contributed by atoms with E-state index in [0.29, 0.717) is 33.0 Å². The van der Waals surface area contributed by atoms with Crippen molar-refractivity contribution >= 4 is 52.4 Å². The van der Waals surface area contributed by atoms with Gasteiger partial charge in [-0.15, -0.1) is 12.4 Å². The minimum absolute atomic E-state index is 0. The number of likely N-dealkylation sites (N-methyl/N-ethyl adjacent to an activating group) is 1. The highest BCUT2D eigenvalue weighted by atomic mass is 35.5. The number of benzene rings is 2. The Bertz CT molecular complexity index is 1390. The Balaban J connectivity index is 0.00000320. The molecule has 194 valence electrons. The zero-order valence-corrected chi connectivity index (χ0v) is 23.1. The first-order valence-electron chi connectivity index (χ1n) is 11.8. The second-order valence-corrected chi connectivity index (χ2v) is 10.1. The van der Waals surface area contributed by atoms with Gasteiger partial charge in [-0.1, -0.05) is 35.3 Å². The number of carbonyl (C=O) groups is 1. The molecule has 3 heterocycles. The van der Waals surface area contributed by atoms with E-state index < -0.39 is 0 Å². The summed E-state index contributed by atoms with van der Waals surface area (Å²) in [5, 5.41) is 9.43. The molecular weight excluding hydrogens is 533 g/mol. The van der Waals surface area contributed by atoms with Gasteiger partial charge in [0.15, 0.2) is 0 Å². The highest BCUT2D eigenvalue weighted by molar-refractivity contribution is 6.35. The van der Waals surface area contributed by atoms with Gasteiger partial charge in [0.1, 0.15) is 17.5 Å². The predicted octanol–water partition coefficient (Wildman–Crippen LogP) is 6.27. The molecule has 1 aliphatic rings. The lowest BCUT2D eigenvalue weighted by atomic mass is 10.0. The van der Waals surface area contributed by atoms with Gasteiger partial charge in [0.25, 0.3) is 5.91 Å². The molecule has 7 nitrogen and oxygen atoms in total. The lowest BCUT2D eigenvalue weighted by molar-refractivity contribution is 0.0783. The van der Waals surface area contributed by atoms with Gasteiger partial charge in [0.2, 0.25) is 0 Å². The molecule has 1 unspecified atom stereocenters. The van der Waals surface area contributed by atoms with Crippen LogP contribution in [0.1, 0.15) is 35.4 Å². The monoisotopic (exact) mass is 559 g/mol. The normalized spacial score (nSPS) is 16.2. The summed E-state index contributed by atoms with van der Waals surface area (Å²) >= 11 is 12.6. The van der Waals surface area contributed by atoms with Crippen LogP contribution in [0, 0.1) is 0 Å². The highest BCUT2D eigenvalue weighted by Gasteiger charge is 2.28. The summed E-state index contributed by atoms with van der Waals surface area (Å²) in [5.41, 5.74) is 3.96. The van der Waals surface area contributed by atoms with Crippen molar-refractivity contribution in [1.82, 2.24) is 25.0 Å². The minimum Gasteiger partial charge on any atom is -0.486 e. The number of hydrogen-bond acceptors (Lipinski definition) is 5. The number of pyridine rings is 1. The Hall–Kier alpha value is -2.84. The number of amides is 1. The molecule has 37 heavy (non-hydrogen) atoms. The van der Waals surface area contributed by atoms with Crippen LogP contribution in [0.25, 0.3) is 22.2 Å². The number of carbonyl (C=O) groups excluding carboxylic acids is 1. The average Bonchev–Trinajstić information content (AvgIpc) is 3.51. The Morgan fingerprint density at radius 2 is 1.84 bits per heavy atom. The fourth-order valence-corrected chi connectivity index (χ4v) is 5.33. The third-order valence-electron chi connectivity index (χ3n) is 6.73. The Labute approximate surface area is 232 Å². The summed E-state index contributed by atoms with van der Waals surface area (Å²) in [6.45, 7) is 3.43. The molecule has 2 aromatic heterocycles. The van der Waals surface area contributed by atoms with Crippen LogP contribution < -0.4 is 4.74 Å². The third-order valence-corrected chi connectivity index (χ3v) is 7.33. The maximum Gasteiger partial charge on any atom is 0.253 e. The molecule has 1 saturated heterocycles. The van der Waals surface area contributed by atoms with Crippen LogP contribution in [-0.2, 0) is 0 Å². The maximum absolute atomic E-state index is 13.0. The molecule has 4 aromatic rings. The molecule has 0 aliphatic carbocycles. The number of aromatic nitrogens is 3. The highest BCUT2D eigenvalue weighted by Crippen LogP contribution is 2.35. The number of nitrogens with one attached hydrogen (secondary N) is 1. The van der Waals surface area contributed by atoms with Gasteiger partial charge in [0, 0.05) is 53.6 Å². The van der Waals surface area contributed by atoms with Crippen LogP contribution in [0.3, 0.4) is 0 Å². The standard InChI is InChI=1S/C27H27Cl2N5O2.ClH/c1-16(25-22(28)13-30-14-23(25)29)36-20-8-9-24-21(12-20)26(32-31-24)17-4-6-18(7-5-17)27(35)34-11-10-19(15-34)33(2)3;/h4-9,12-14,16,19H,10-11,15H2,1-3H3,(H,31,32);1H/t16?,19-;/m1./s1. The third kappa shape index (κ3) is 5.55. The van der Waals surface area contributed by atoms with E-state index in [1.165, 1.54) is 0 Å². The Morgan fingerprint density at radius 1 is 1.14 bits per heavy atom. The molecular formula is C27H28Cl3N5O2. The first-order valence-corrected chi connectivity index (χ1v) is 12.6. The van der Waals surface area contributed by atoms with Crippen LogP contribution >= 0.6 is 35.6 Å². The molecule has 10 heteroatoms. The summed E-state index contributed by atoms with van der Waals surface area (Å²) in [6, 6.07) is 13.8. The first kappa shape index (κ1) is 27.2. The van der Waals surface area contributed by atoms with Gasteiger partial charge in [-0.3, -0.25) is 14.9 Å². The van der Waals surface area contributed by atoms with Crippen LogP contribution in [0.15, 0.2) is 54.9 Å². The van der Waals surface area contributed by atoms with Crippen molar-refractivity contribution < 1.29 is 9.53 Å². The molecule has 0 saturated carbocycles. The molecule has 2 atom stereocenters. The van der Waals surface area contributed by atoms with Gasteiger partial charge in [0.05, 0.1) is 15.6 Å². The van der Waals surface area contributed by atoms with Crippen molar-refractivity contribution in [3.63, 3.8) is 0 Å². The van der Waals surface area contributed by atoms with Crippen LogP contribution in [0.4, 0.5) is 0 Å². The minimum atomic E-state index is -0.372. The van der Waals surface area contributed by atoms with Crippen molar-refractivity contribution in [2.24, 2.45) is 0 Å². The number of aromatic amines is 1. The van der Waals surface area contributed by atoms with E-state index >= 15 is 0 Å². The number of likely N-dealkylation sites (tertiary alicyclic amines) is 1. The van der Waals surface area contributed by atoms with Crippen LogP contribution in [0.2, 0.25) is 10.0 Å². The average molecular weight is 561 g/mol. The number of ether oxygens (including phenoxy) is 1. The summed E-state index contributed by atoms with van der Waals surface area (Å²) in [6.07, 6.45) is 3.74. The number of nitrogens with zero attached hydrogens (tertiary/aromatic N) is 4. The topological polar surface area (TPSA) is 74.3 Å². The quantitative estimate of drug-likeness (QED) is 0.301.